The van der Waals surface area contributed by atoms with Crippen LogP contribution in [0.2, 0.25) is 0 Å². The molecule has 0 amide bonds. The number of hydrogen-bond donors (Lipinski definition) is 1. The minimum atomic E-state index is -5.30. The highest BCUT2D eigenvalue weighted by Crippen LogP contribution is 2.42. The van der Waals surface area contributed by atoms with E-state index < -0.39 is 40.6 Å². The Morgan fingerprint density at radius 2 is 2.00 bits per heavy atom. The van der Waals surface area contributed by atoms with E-state index in [1.807, 2.05) is 0 Å². The third kappa shape index (κ3) is 2.93. The molecule has 0 fully saturated rings. The molecule has 1 heterocycles. The molecule has 11 heteroatoms. The zero-order valence-electron chi connectivity index (χ0n) is 8.11. The van der Waals surface area contributed by atoms with Crippen molar-refractivity contribution in [1.82, 2.24) is 4.98 Å². The third-order valence-corrected chi connectivity index (χ3v) is 1.65. The molecule has 0 radical (unpaired) electrons. The fraction of sp³-hybridized carbons (Fsp3) is 0.286. The van der Waals surface area contributed by atoms with Gasteiger partial charge >= 0.3 is 12.2 Å². The molecule has 0 spiro atoms. The van der Waals surface area contributed by atoms with Crippen molar-refractivity contribution in [3.63, 3.8) is 0 Å². The lowest BCUT2D eigenvalue weighted by atomic mass is 10.2. The molecular weight excluding hydrogens is 271 g/mol. The highest BCUT2D eigenvalue weighted by Gasteiger charge is 2.37. The van der Waals surface area contributed by atoms with Crippen LogP contribution in [0.3, 0.4) is 0 Å². The summed E-state index contributed by atoms with van der Waals surface area (Å²) in [7, 11) is 0. The van der Waals surface area contributed by atoms with Gasteiger partial charge in [-0.1, -0.05) is 0 Å². The molecule has 1 N–H and O–H groups in total. The van der Waals surface area contributed by atoms with E-state index >= 15 is 0 Å². The Hall–Kier alpha value is -2.20. The first-order valence-electron chi connectivity index (χ1n) is 4.03. The first-order chi connectivity index (χ1) is 8.13. The molecule has 0 aliphatic carbocycles. The van der Waals surface area contributed by atoms with Gasteiger partial charge in [-0.15, -0.1) is 13.2 Å². The summed E-state index contributed by atoms with van der Waals surface area (Å²) in [5, 5.41) is 19.3. The molecule has 0 atom stereocenters. The lowest BCUT2D eigenvalue weighted by molar-refractivity contribution is -0.390. The van der Waals surface area contributed by atoms with Crippen LogP contribution < -0.4 is 4.74 Å². The zero-order valence-corrected chi connectivity index (χ0v) is 8.11. The van der Waals surface area contributed by atoms with Crippen molar-refractivity contribution in [3.8, 4) is 11.5 Å². The lowest BCUT2D eigenvalue weighted by Gasteiger charge is -2.12. The maximum Gasteiger partial charge on any atom is 0.573 e. The molecule has 0 bridgehead atoms. The van der Waals surface area contributed by atoms with Gasteiger partial charge in [0.15, 0.2) is 11.9 Å². The van der Waals surface area contributed by atoms with Crippen molar-refractivity contribution in [2.24, 2.45) is 0 Å². The monoisotopic (exact) mass is 274 g/mol. The fourth-order valence-electron chi connectivity index (χ4n) is 1.04. The number of ether oxygens (including phenoxy) is 1. The maximum absolute atomic E-state index is 12.4. The SMILES string of the molecule is O=[N+]([O-])c1ncc(OC(F)(F)F)c(C(F)F)c1O. The summed E-state index contributed by atoms with van der Waals surface area (Å²) in [5.41, 5.74) is -1.64. The maximum atomic E-state index is 12.4. The summed E-state index contributed by atoms with van der Waals surface area (Å²) in [6.45, 7) is 0. The van der Waals surface area contributed by atoms with Crippen LogP contribution in [0.4, 0.5) is 27.8 Å². The van der Waals surface area contributed by atoms with Crippen LogP contribution in [0.25, 0.3) is 0 Å². The molecule has 0 unspecified atom stereocenters. The van der Waals surface area contributed by atoms with E-state index in [2.05, 4.69) is 9.72 Å². The Morgan fingerprint density at radius 3 is 2.39 bits per heavy atom. The lowest BCUT2D eigenvalue weighted by Crippen LogP contribution is -2.18. The summed E-state index contributed by atoms with van der Waals surface area (Å²) in [6, 6.07) is 0. The molecule has 6 nitrogen and oxygen atoms in total. The van der Waals surface area contributed by atoms with E-state index in [-0.39, 0.29) is 6.20 Å². The molecule has 1 rings (SSSR count). The second-order valence-electron chi connectivity index (χ2n) is 2.81. The molecular formula is C7H3F5N2O4. The highest BCUT2D eigenvalue weighted by atomic mass is 19.4. The van der Waals surface area contributed by atoms with Crippen LogP contribution in [0.5, 0.6) is 11.5 Å². The number of rotatable bonds is 3. The van der Waals surface area contributed by atoms with Gasteiger partial charge in [0.25, 0.3) is 6.43 Å². The van der Waals surface area contributed by atoms with Crippen LogP contribution in [-0.4, -0.2) is 21.4 Å². The number of pyridine rings is 1. The summed E-state index contributed by atoms with van der Waals surface area (Å²) >= 11 is 0. The van der Waals surface area contributed by atoms with Gasteiger partial charge in [0, 0.05) is 0 Å². The van der Waals surface area contributed by atoms with Crippen LogP contribution in [0, 0.1) is 10.1 Å². The Bertz CT molecular complexity index is 476. The van der Waals surface area contributed by atoms with E-state index in [0.717, 1.165) is 0 Å². The van der Waals surface area contributed by atoms with Gasteiger partial charge in [-0.2, -0.15) is 0 Å². The number of aromatic hydroxyl groups is 1. The number of hydrogen-bond acceptors (Lipinski definition) is 5. The van der Waals surface area contributed by atoms with Crippen molar-refractivity contribution in [3.05, 3.63) is 21.9 Å². The van der Waals surface area contributed by atoms with Gasteiger partial charge < -0.3 is 20.0 Å². The van der Waals surface area contributed by atoms with Gasteiger partial charge in [-0.25, -0.2) is 8.78 Å². The Morgan fingerprint density at radius 1 is 1.44 bits per heavy atom. The molecule has 18 heavy (non-hydrogen) atoms. The van der Waals surface area contributed by atoms with Crippen molar-refractivity contribution in [1.29, 1.82) is 0 Å². The quantitative estimate of drug-likeness (QED) is 0.520. The van der Waals surface area contributed by atoms with Gasteiger partial charge in [-0.3, -0.25) is 0 Å². The van der Waals surface area contributed by atoms with Crippen LogP contribution >= 0.6 is 0 Å². The second kappa shape index (κ2) is 4.58. The van der Waals surface area contributed by atoms with E-state index in [1.165, 1.54) is 0 Å². The Labute approximate surface area is 94.8 Å². The summed E-state index contributed by atoms with van der Waals surface area (Å²) in [6.07, 6.45) is -8.81. The zero-order chi connectivity index (χ0) is 14.1. The summed E-state index contributed by atoms with van der Waals surface area (Å²) in [4.78, 5) is 11.7. The van der Waals surface area contributed by atoms with Crippen LogP contribution in [-0.2, 0) is 0 Å². The van der Waals surface area contributed by atoms with Crippen molar-refractivity contribution >= 4 is 5.82 Å². The predicted molar refractivity (Wildman–Crippen MR) is 44.2 cm³/mol. The van der Waals surface area contributed by atoms with Gasteiger partial charge in [0.2, 0.25) is 5.75 Å². The van der Waals surface area contributed by atoms with E-state index in [0.29, 0.717) is 0 Å². The Kier molecular flexibility index (Phi) is 3.53. The molecule has 0 aromatic carbocycles. The van der Waals surface area contributed by atoms with Gasteiger partial charge in [0.05, 0.1) is 0 Å². The van der Waals surface area contributed by atoms with Crippen LogP contribution in [0.1, 0.15) is 12.0 Å². The molecule has 0 aliphatic rings. The number of nitrogens with zero attached hydrogens (tertiary/aromatic N) is 2. The number of nitro groups is 1. The third-order valence-electron chi connectivity index (χ3n) is 1.65. The fourth-order valence-corrected chi connectivity index (χ4v) is 1.04. The van der Waals surface area contributed by atoms with E-state index in [9.17, 15) is 32.1 Å². The average molecular weight is 274 g/mol. The number of alkyl halides is 5. The topological polar surface area (TPSA) is 85.5 Å². The molecule has 1 aromatic rings. The number of halogens is 5. The standard InChI is InChI=1S/C7H3F5N2O4/c8-5(9)3-2(18-7(10,11)12)1-13-6(4(3)15)14(16)17/h1,5,15H. The molecule has 0 saturated heterocycles. The minimum absolute atomic E-state index is 0.0901. The normalized spacial score (nSPS) is 11.7. The Balaban J connectivity index is 3.37. The average Bonchev–Trinajstić information content (AvgIpc) is 2.13. The largest absolute Gasteiger partial charge is 0.573 e. The highest BCUT2D eigenvalue weighted by molar-refractivity contribution is 5.52. The first-order valence-corrected chi connectivity index (χ1v) is 4.03. The van der Waals surface area contributed by atoms with Crippen molar-refractivity contribution in [2.75, 3.05) is 0 Å². The molecule has 1 aromatic heterocycles. The number of aromatic nitrogens is 1. The minimum Gasteiger partial charge on any atom is -0.501 e. The van der Waals surface area contributed by atoms with E-state index in [1.54, 1.807) is 0 Å². The van der Waals surface area contributed by atoms with Crippen LogP contribution in [0.15, 0.2) is 6.20 Å². The van der Waals surface area contributed by atoms with Gasteiger partial charge in [0.1, 0.15) is 5.56 Å². The smallest absolute Gasteiger partial charge is 0.501 e. The van der Waals surface area contributed by atoms with E-state index in [4.69, 9.17) is 5.11 Å². The molecule has 0 aliphatic heterocycles. The predicted octanol–water partition coefficient (Wildman–Crippen LogP) is 2.53. The van der Waals surface area contributed by atoms with Crippen molar-refractivity contribution < 1.29 is 36.7 Å². The summed E-state index contributed by atoms with van der Waals surface area (Å²) in [5.74, 6) is -4.56. The first kappa shape index (κ1) is 13.9. The van der Waals surface area contributed by atoms with Crippen molar-refractivity contribution in [2.45, 2.75) is 12.8 Å². The van der Waals surface area contributed by atoms with Gasteiger partial charge in [-0.05, 0) is 9.91 Å². The second-order valence-corrected chi connectivity index (χ2v) is 2.81. The summed E-state index contributed by atoms with van der Waals surface area (Å²) < 4.78 is 63.7. The molecule has 100 valence electrons. The molecule has 0 saturated carbocycles.